The summed E-state index contributed by atoms with van der Waals surface area (Å²) in [6.45, 7) is 0.0197. The van der Waals surface area contributed by atoms with E-state index in [0.29, 0.717) is 17.1 Å². The molecule has 7 heteroatoms. The Morgan fingerprint density at radius 2 is 1.25 bits per heavy atom. The van der Waals surface area contributed by atoms with Crippen LogP contribution < -0.4 is 9.42 Å². The third-order valence-electron chi connectivity index (χ3n) is 5.88. The molecule has 0 spiro atoms. The van der Waals surface area contributed by atoms with Crippen LogP contribution in [0.15, 0.2) is 109 Å². The lowest BCUT2D eigenvalue weighted by molar-refractivity contribution is 0.208. The molecule has 5 rings (SSSR count). The molecule has 2 amide bonds. The van der Waals surface area contributed by atoms with E-state index in [9.17, 15) is 9.36 Å². The summed E-state index contributed by atoms with van der Waals surface area (Å²) in [6.07, 6.45) is 3.94. The maximum absolute atomic E-state index is 14.5. The number of urea groups is 1. The Labute approximate surface area is 210 Å². The fraction of sp³-hybridized carbons (Fsp3) is 0.0690. The van der Waals surface area contributed by atoms with Gasteiger partial charge in [0.25, 0.3) is 0 Å². The Balaban J connectivity index is 1.64. The second-order valence-corrected chi connectivity index (χ2v) is 10.1. The van der Waals surface area contributed by atoms with Crippen molar-refractivity contribution in [1.29, 1.82) is 0 Å². The summed E-state index contributed by atoms with van der Waals surface area (Å²) in [4.78, 5) is 16.0. The van der Waals surface area contributed by atoms with E-state index in [1.807, 2.05) is 97.1 Å². The molecule has 0 fully saturated rings. The van der Waals surface area contributed by atoms with Crippen LogP contribution in [0.3, 0.4) is 0 Å². The second-order valence-electron chi connectivity index (χ2n) is 8.17. The maximum atomic E-state index is 14.5. The van der Waals surface area contributed by atoms with Gasteiger partial charge < -0.3 is 4.52 Å². The number of hydrogen-bond donors (Lipinski definition) is 0. The molecule has 1 atom stereocenters. The summed E-state index contributed by atoms with van der Waals surface area (Å²) in [5.41, 5.74) is 3.85. The molecular formula is C29H25N2O4P. The van der Waals surface area contributed by atoms with Crippen LogP contribution in [0.1, 0.15) is 16.7 Å². The van der Waals surface area contributed by atoms with Crippen molar-refractivity contribution in [3.05, 3.63) is 126 Å². The van der Waals surface area contributed by atoms with Gasteiger partial charge in [-0.15, -0.1) is 0 Å². The maximum Gasteiger partial charge on any atom is 0.492 e. The zero-order chi connectivity index (χ0) is 25.0. The number of carbonyl (C=O) groups excluding carboxylic acids is 1. The van der Waals surface area contributed by atoms with Crippen molar-refractivity contribution in [1.82, 2.24) is 4.67 Å². The minimum atomic E-state index is -4.14. The number of amides is 2. The summed E-state index contributed by atoms with van der Waals surface area (Å²) in [6, 6.07) is 32.8. The van der Waals surface area contributed by atoms with Crippen molar-refractivity contribution in [3.8, 4) is 5.75 Å². The van der Waals surface area contributed by atoms with Crippen LogP contribution in [0.4, 0.5) is 16.2 Å². The molecule has 180 valence electrons. The number of fused-ring (bicyclic) bond motifs is 2. The third kappa shape index (κ3) is 4.69. The highest BCUT2D eigenvalue weighted by molar-refractivity contribution is 7.52. The first-order valence-corrected chi connectivity index (χ1v) is 13.0. The molecule has 0 radical (unpaired) electrons. The number of nitrogens with zero attached hydrogens (tertiary/aromatic N) is 2. The van der Waals surface area contributed by atoms with Gasteiger partial charge in [0.2, 0.25) is 0 Å². The number of para-hydroxylation sites is 3. The summed E-state index contributed by atoms with van der Waals surface area (Å²) < 4.78 is 26.8. The number of benzene rings is 4. The predicted octanol–water partition coefficient (Wildman–Crippen LogP) is 7.76. The van der Waals surface area contributed by atoms with Gasteiger partial charge in [0.05, 0.1) is 17.9 Å². The summed E-state index contributed by atoms with van der Waals surface area (Å²) in [7, 11) is -2.84. The Kier molecular flexibility index (Phi) is 6.72. The normalized spacial score (nSPS) is 13.6. The number of anilines is 2. The lowest BCUT2D eigenvalue weighted by Crippen LogP contribution is -2.40. The molecule has 1 aliphatic heterocycles. The topological polar surface area (TPSA) is 59.1 Å². The Hall–Kier alpha value is -4.12. The molecule has 4 aromatic carbocycles. The highest BCUT2D eigenvalue weighted by atomic mass is 31.2. The average molecular weight is 497 g/mol. The van der Waals surface area contributed by atoms with Crippen molar-refractivity contribution in [2.24, 2.45) is 0 Å². The van der Waals surface area contributed by atoms with Gasteiger partial charge in [-0.3, -0.25) is 9.42 Å². The van der Waals surface area contributed by atoms with E-state index in [-0.39, 0.29) is 6.54 Å². The van der Waals surface area contributed by atoms with Crippen LogP contribution in [-0.4, -0.2) is 17.8 Å². The number of carbonyl (C=O) groups is 1. The fourth-order valence-corrected chi connectivity index (χ4v) is 5.50. The number of rotatable bonds is 6. The van der Waals surface area contributed by atoms with Crippen LogP contribution in [0, 0.1) is 0 Å². The first-order valence-electron chi connectivity index (χ1n) is 11.5. The SMILES string of the molecule is COP(=O)(Oc1ccccc1)N(Cc1ccccc1)C(=O)N1c2ccccc2C=Cc2ccccc21. The molecule has 0 saturated carbocycles. The lowest BCUT2D eigenvalue weighted by Gasteiger charge is -2.34. The van der Waals surface area contributed by atoms with Crippen molar-refractivity contribution in [2.45, 2.75) is 6.54 Å². The van der Waals surface area contributed by atoms with E-state index in [1.54, 1.807) is 29.2 Å². The monoisotopic (exact) mass is 496 g/mol. The van der Waals surface area contributed by atoms with Crippen LogP contribution >= 0.6 is 7.75 Å². The van der Waals surface area contributed by atoms with Crippen molar-refractivity contribution in [2.75, 3.05) is 12.0 Å². The van der Waals surface area contributed by atoms with Gasteiger partial charge >= 0.3 is 13.8 Å². The lowest BCUT2D eigenvalue weighted by atomic mass is 10.1. The van der Waals surface area contributed by atoms with E-state index >= 15 is 0 Å². The van der Waals surface area contributed by atoms with Gasteiger partial charge in [-0.1, -0.05) is 97.1 Å². The average Bonchev–Trinajstić information content (AvgIpc) is 3.09. The zero-order valence-corrected chi connectivity index (χ0v) is 20.6. The summed E-state index contributed by atoms with van der Waals surface area (Å²) in [5, 5.41) is 0. The van der Waals surface area contributed by atoms with Gasteiger partial charge in [-0.05, 0) is 41.0 Å². The first kappa shape index (κ1) is 23.6. The molecule has 6 nitrogen and oxygen atoms in total. The minimum absolute atomic E-state index is 0.0197. The Morgan fingerprint density at radius 3 is 1.81 bits per heavy atom. The van der Waals surface area contributed by atoms with Gasteiger partial charge in [0, 0.05) is 7.11 Å². The van der Waals surface area contributed by atoms with E-state index in [4.69, 9.17) is 9.05 Å². The molecule has 0 aromatic heterocycles. The smallest absolute Gasteiger partial charge is 0.409 e. The third-order valence-corrected chi connectivity index (χ3v) is 7.68. The second kappa shape index (κ2) is 10.2. The van der Waals surface area contributed by atoms with Crippen LogP contribution in [0.5, 0.6) is 5.75 Å². The fourth-order valence-electron chi connectivity index (χ4n) is 4.11. The highest BCUT2D eigenvalue weighted by Crippen LogP contribution is 2.53. The highest BCUT2D eigenvalue weighted by Gasteiger charge is 2.42. The van der Waals surface area contributed by atoms with E-state index in [2.05, 4.69) is 0 Å². The Bertz CT molecular complexity index is 1390. The summed E-state index contributed by atoms with van der Waals surface area (Å²) in [5.74, 6) is 0.340. The van der Waals surface area contributed by atoms with E-state index in [0.717, 1.165) is 16.7 Å². The number of hydrogen-bond acceptors (Lipinski definition) is 4. The minimum Gasteiger partial charge on any atom is -0.409 e. The molecule has 0 aliphatic carbocycles. The molecule has 0 bridgehead atoms. The van der Waals surface area contributed by atoms with Crippen LogP contribution in [0.2, 0.25) is 0 Å². The molecule has 1 unspecified atom stereocenters. The molecule has 1 heterocycles. The molecular weight excluding hydrogens is 471 g/mol. The van der Waals surface area contributed by atoms with Gasteiger partial charge in [0.1, 0.15) is 5.75 Å². The van der Waals surface area contributed by atoms with Crippen molar-refractivity contribution >= 4 is 37.3 Å². The predicted molar refractivity (Wildman–Crippen MR) is 143 cm³/mol. The molecule has 4 aromatic rings. The quantitative estimate of drug-likeness (QED) is 0.256. The molecule has 0 saturated heterocycles. The van der Waals surface area contributed by atoms with Gasteiger partial charge in [-0.25, -0.2) is 14.0 Å². The van der Waals surface area contributed by atoms with E-state index < -0.39 is 13.8 Å². The van der Waals surface area contributed by atoms with Crippen LogP contribution in [0.25, 0.3) is 12.2 Å². The molecule has 1 aliphatic rings. The van der Waals surface area contributed by atoms with Crippen molar-refractivity contribution < 1.29 is 18.4 Å². The zero-order valence-electron chi connectivity index (χ0n) is 19.7. The van der Waals surface area contributed by atoms with Crippen molar-refractivity contribution in [3.63, 3.8) is 0 Å². The van der Waals surface area contributed by atoms with Crippen LogP contribution in [-0.2, 0) is 15.6 Å². The van der Waals surface area contributed by atoms with E-state index in [1.165, 1.54) is 11.8 Å². The standard InChI is InChI=1S/C29H25N2O4P/c1-34-36(33,35-26-16-6-3-7-17-26)30(22-23-12-4-2-5-13-23)29(32)31-27-18-10-8-14-24(27)20-21-25-15-9-11-19-28(25)31/h2-21H,22H2,1H3. The first-order chi connectivity index (χ1) is 17.6. The Morgan fingerprint density at radius 1 is 0.750 bits per heavy atom. The summed E-state index contributed by atoms with van der Waals surface area (Å²) >= 11 is 0. The largest absolute Gasteiger partial charge is 0.492 e. The van der Waals surface area contributed by atoms with Gasteiger partial charge in [-0.2, -0.15) is 0 Å². The van der Waals surface area contributed by atoms with Gasteiger partial charge in [0.15, 0.2) is 0 Å². The molecule has 0 N–H and O–H groups in total. The molecule has 36 heavy (non-hydrogen) atoms.